The third kappa shape index (κ3) is 3.67. The van der Waals surface area contributed by atoms with Crippen molar-refractivity contribution < 1.29 is 24.2 Å². The van der Waals surface area contributed by atoms with Crippen LogP contribution in [0, 0.1) is 0 Å². The SMILES string of the molecule is COC(=O)c1ccc(C2C(C(C)=O)=C(O)C(=O)N2CCc2ccccc2)cc1. The van der Waals surface area contributed by atoms with E-state index in [2.05, 4.69) is 0 Å². The predicted octanol–water partition coefficient (Wildman–Crippen LogP) is 3.00. The van der Waals surface area contributed by atoms with Gasteiger partial charge in [0, 0.05) is 6.54 Å². The van der Waals surface area contributed by atoms with Gasteiger partial charge in [0.1, 0.15) is 0 Å². The van der Waals surface area contributed by atoms with E-state index in [0.717, 1.165) is 5.56 Å². The first-order chi connectivity index (χ1) is 13.4. The summed E-state index contributed by atoms with van der Waals surface area (Å²) in [6, 6.07) is 15.5. The molecular formula is C22H21NO5. The number of hydrogen-bond donors (Lipinski definition) is 1. The van der Waals surface area contributed by atoms with Crippen molar-refractivity contribution in [3.8, 4) is 0 Å². The molecule has 0 aromatic heterocycles. The lowest BCUT2D eigenvalue weighted by atomic mass is 9.95. The van der Waals surface area contributed by atoms with E-state index in [1.165, 1.54) is 18.9 Å². The van der Waals surface area contributed by atoms with Crippen molar-refractivity contribution in [3.63, 3.8) is 0 Å². The molecule has 6 heteroatoms. The monoisotopic (exact) mass is 379 g/mol. The maximum absolute atomic E-state index is 12.6. The molecule has 1 N–H and O–H groups in total. The molecule has 0 radical (unpaired) electrons. The molecule has 1 amide bonds. The van der Waals surface area contributed by atoms with Crippen molar-refractivity contribution in [2.45, 2.75) is 19.4 Å². The summed E-state index contributed by atoms with van der Waals surface area (Å²) < 4.78 is 4.70. The molecule has 3 rings (SSSR count). The number of aliphatic hydroxyl groups excluding tert-OH is 1. The second kappa shape index (κ2) is 8.08. The molecule has 2 aromatic rings. The quantitative estimate of drug-likeness (QED) is 0.780. The molecule has 6 nitrogen and oxygen atoms in total. The Morgan fingerprint density at radius 3 is 2.29 bits per heavy atom. The lowest BCUT2D eigenvalue weighted by molar-refractivity contribution is -0.129. The van der Waals surface area contributed by atoms with E-state index in [0.29, 0.717) is 24.1 Å². The largest absolute Gasteiger partial charge is 0.503 e. The number of esters is 1. The number of ketones is 1. The van der Waals surface area contributed by atoms with E-state index in [-0.39, 0.29) is 11.4 Å². The van der Waals surface area contributed by atoms with Crippen molar-refractivity contribution in [1.82, 2.24) is 4.90 Å². The molecule has 1 aliphatic rings. The van der Waals surface area contributed by atoms with Crippen LogP contribution in [0.5, 0.6) is 0 Å². The molecule has 1 heterocycles. The van der Waals surface area contributed by atoms with Crippen LogP contribution in [0.15, 0.2) is 65.9 Å². The van der Waals surface area contributed by atoms with Gasteiger partial charge in [0.15, 0.2) is 11.5 Å². The number of carbonyl (C=O) groups is 3. The van der Waals surface area contributed by atoms with Gasteiger partial charge in [0.25, 0.3) is 5.91 Å². The number of methoxy groups -OCH3 is 1. The second-order valence-corrected chi connectivity index (χ2v) is 6.57. The molecule has 0 aliphatic carbocycles. The average molecular weight is 379 g/mol. The van der Waals surface area contributed by atoms with E-state index in [4.69, 9.17) is 4.74 Å². The van der Waals surface area contributed by atoms with Gasteiger partial charge < -0.3 is 14.7 Å². The van der Waals surface area contributed by atoms with Gasteiger partial charge in [0.05, 0.1) is 24.3 Å². The molecule has 0 fully saturated rings. The zero-order chi connectivity index (χ0) is 20.3. The summed E-state index contributed by atoms with van der Waals surface area (Å²) in [5.74, 6) is -1.92. The summed E-state index contributed by atoms with van der Waals surface area (Å²) in [5.41, 5.74) is 2.13. The maximum atomic E-state index is 12.6. The van der Waals surface area contributed by atoms with Crippen LogP contribution in [0.1, 0.15) is 34.5 Å². The smallest absolute Gasteiger partial charge is 0.337 e. The Labute approximate surface area is 163 Å². The van der Waals surface area contributed by atoms with Crippen molar-refractivity contribution in [3.05, 3.63) is 82.6 Å². The molecule has 144 valence electrons. The highest BCUT2D eigenvalue weighted by molar-refractivity contribution is 6.08. The Bertz CT molecular complexity index is 931. The lowest BCUT2D eigenvalue weighted by Crippen LogP contribution is -2.33. The number of benzene rings is 2. The fraction of sp³-hybridized carbons (Fsp3) is 0.227. The van der Waals surface area contributed by atoms with Crippen LogP contribution >= 0.6 is 0 Å². The third-order valence-corrected chi connectivity index (χ3v) is 4.81. The minimum Gasteiger partial charge on any atom is -0.503 e. The molecule has 1 atom stereocenters. The van der Waals surface area contributed by atoms with Gasteiger partial charge in [-0.1, -0.05) is 42.5 Å². The van der Waals surface area contributed by atoms with Crippen LogP contribution in [-0.2, 0) is 20.7 Å². The van der Waals surface area contributed by atoms with Gasteiger partial charge in [-0.05, 0) is 36.6 Å². The number of Topliss-reactive ketones (excluding diaryl/α,β-unsaturated/α-hetero) is 1. The number of rotatable bonds is 6. The third-order valence-electron chi connectivity index (χ3n) is 4.81. The predicted molar refractivity (Wildman–Crippen MR) is 103 cm³/mol. The normalized spacial score (nSPS) is 16.4. The first kappa shape index (κ1) is 19.4. The van der Waals surface area contributed by atoms with Gasteiger partial charge in [-0.15, -0.1) is 0 Å². The van der Waals surface area contributed by atoms with Gasteiger partial charge >= 0.3 is 5.97 Å². The molecule has 0 saturated heterocycles. The molecule has 0 spiro atoms. The summed E-state index contributed by atoms with van der Waals surface area (Å²) in [6.07, 6.45) is 0.585. The summed E-state index contributed by atoms with van der Waals surface area (Å²) in [5, 5.41) is 10.3. The Kier molecular flexibility index (Phi) is 5.59. The molecular weight excluding hydrogens is 358 g/mol. The van der Waals surface area contributed by atoms with Crippen molar-refractivity contribution >= 4 is 17.7 Å². The zero-order valence-electron chi connectivity index (χ0n) is 15.7. The van der Waals surface area contributed by atoms with Crippen LogP contribution in [0.3, 0.4) is 0 Å². The zero-order valence-corrected chi connectivity index (χ0v) is 15.7. The van der Waals surface area contributed by atoms with E-state index < -0.39 is 23.7 Å². The van der Waals surface area contributed by atoms with Crippen LogP contribution in [0.4, 0.5) is 0 Å². The summed E-state index contributed by atoms with van der Waals surface area (Å²) in [6.45, 7) is 1.67. The highest BCUT2D eigenvalue weighted by atomic mass is 16.5. The van der Waals surface area contributed by atoms with Crippen LogP contribution in [0.2, 0.25) is 0 Å². The Morgan fingerprint density at radius 1 is 1.07 bits per heavy atom. The summed E-state index contributed by atoms with van der Waals surface area (Å²) >= 11 is 0. The van der Waals surface area contributed by atoms with Crippen LogP contribution in [-0.4, -0.2) is 41.3 Å². The minimum atomic E-state index is -0.694. The Morgan fingerprint density at radius 2 is 1.71 bits per heavy atom. The number of hydrogen-bond acceptors (Lipinski definition) is 5. The van der Waals surface area contributed by atoms with Crippen LogP contribution < -0.4 is 0 Å². The van der Waals surface area contributed by atoms with Crippen molar-refractivity contribution in [2.75, 3.05) is 13.7 Å². The molecule has 0 bridgehead atoms. The standard InChI is InChI=1S/C22H21NO5/c1-14(24)18-19(16-8-10-17(11-9-16)22(27)28-2)23(21(26)20(18)25)13-12-15-6-4-3-5-7-15/h3-11,19,25H,12-13H2,1-2H3. The lowest BCUT2D eigenvalue weighted by Gasteiger charge is -2.26. The average Bonchev–Trinajstić information content (AvgIpc) is 2.97. The molecule has 0 saturated carbocycles. The molecule has 1 aliphatic heterocycles. The topological polar surface area (TPSA) is 83.9 Å². The number of nitrogens with zero attached hydrogens (tertiary/aromatic N) is 1. The highest BCUT2D eigenvalue weighted by Gasteiger charge is 2.42. The number of carbonyl (C=O) groups excluding carboxylic acids is 3. The second-order valence-electron chi connectivity index (χ2n) is 6.57. The Balaban J connectivity index is 1.93. The first-order valence-electron chi connectivity index (χ1n) is 8.91. The van der Waals surface area contributed by atoms with Gasteiger partial charge in [-0.25, -0.2) is 4.79 Å². The van der Waals surface area contributed by atoms with E-state index >= 15 is 0 Å². The molecule has 2 aromatic carbocycles. The van der Waals surface area contributed by atoms with Gasteiger partial charge in [-0.2, -0.15) is 0 Å². The minimum absolute atomic E-state index is 0.0730. The van der Waals surface area contributed by atoms with Crippen molar-refractivity contribution in [2.24, 2.45) is 0 Å². The van der Waals surface area contributed by atoms with E-state index in [9.17, 15) is 19.5 Å². The van der Waals surface area contributed by atoms with Crippen molar-refractivity contribution in [1.29, 1.82) is 0 Å². The highest BCUT2D eigenvalue weighted by Crippen LogP contribution is 2.37. The number of amides is 1. The summed E-state index contributed by atoms with van der Waals surface area (Å²) in [4.78, 5) is 37.9. The summed E-state index contributed by atoms with van der Waals surface area (Å²) in [7, 11) is 1.30. The van der Waals surface area contributed by atoms with Gasteiger partial charge in [0.2, 0.25) is 0 Å². The number of aliphatic hydroxyl groups is 1. The van der Waals surface area contributed by atoms with E-state index in [1.54, 1.807) is 24.3 Å². The fourth-order valence-corrected chi connectivity index (χ4v) is 3.40. The van der Waals surface area contributed by atoms with E-state index in [1.807, 2.05) is 30.3 Å². The molecule has 1 unspecified atom stereocenters. The van der Waals surface area contributed by atoms with Gasteiger partial charge in [-0.3, -0.25) is 9.59 Å². The Hall–Kier alpha value is -3.41. The fourth-order valence-electron chi connectivity index (χ4n) is 3.40. The maximum Gasteiger partial charge on any atom is 0.337 e. The number of ether oxygens (including phenoxy) is 1. The molecule has 28 heavy (non-hydrogen) atoms. The van der Waals surface area contributed by atoms with Crippen LogP contribution in [0.25, 0.3) is 0 Å². The first-order valence-corrected chi connectivity index (χ1v) is 8.91.